The van der Waals surface area contributed by atoms with Crippen LogP contribution in [-0.4, -0.2) is 0 Å². The first-order valence-corrected chi connectivity index (χ1v) is 8.49. The third kappa shape index (κ3) is 4.53. The zero-order valence-corrected chi connectivity index (χ0v) is 13.7. The van der Waals surface area contributed by atoms with E-state index in [4.69, 9.17) is 11.6 Å². The predicted molar refractivity (Wildman–Crippen MR) is 91.0 cm³/mol. The second kappa shape index (κ2) is 7.70. The molecule has 0 aliphatic carbocycles. The van der Waals surface area contributed by atoms with Gasteiger partial charge in [-0.1, -0.05) is 43.5 Å². The first-order chi connectivity index (χ1) is 9.69. The molecule has 0 saturated carbocycles. The number of unbranched alkanes of at least 4 members (excludes halogenated alkanes) is 2. The van der Waals surface area contributed by atoms with E-state index in [0.717, 1.165) is 4.34 Å². The fourth-order valence-corrected chi connectivity index (χ4v) is 3.29. The number of hydrogen-bond acceptors (Lipinski definition) is 2. The molecule has 0 saturated heterocycles. The zero-order valence-electron chi connectivity index (χ0n) is 12.2. The Bertz CT molecular complexity index is 518. The molecule has 3 heteroatoms. The maximum absolute atomic E-state index is 5.98. The third-order valence-corrected chi connectivity index (χ3v) is 4.84. The van der Waals surface area contributed by atoms with Gasteiger partial charge < -0.3 is 5.32 Å². The summed E-state index contributed by atoms with van der Waals surface area (Å²) in [6.45, 7) is 4.41. The molecule has 0 aliphatic rings. The molecule has 1 N–H and O–H groups in total. The van der Waals surface area contributed by atoms with Gasteiger partial charge in [0.05, 0.1) is 10.4 Å². The monoisotopic (exact) mass is 307 g/mol. The summed E-state index contributed by atoms with van der Waals surface area (Å²) in [7, 11) is 0. The molecule has 0 fully saturated rings. The molecule has 2 aromatic rings. The van der Waals surface area contributed by atoms with E-state index in [9.17, 15) is 0 Å². The molecule has 1 aromatic heterocycles. The lowest BCUT2D eigenvalue weighted by atomic mass is 10.1. The van der Waals surface area contributed by atoms with Crippen LogP contribution in [0.1, 0.15) is 49.6 Å². The highest BCUT2D eigenvalue weighted by molar-refractivity contribution is 7.16. The van der Waals surface area contributed by atoms with E-state index in [2.05, 4.69) is 49.5 Å². The zero-order chi connectivity index (χ0) is 14.4. The minimum Gasteiger partial charge on any atom is -0.378 e. The molecule has 2 rings (SSSR count). The largest absolute Gasteiger partial charge is 0.378 e. The quantitative estimate of drug-likeness (QED) is 0.591. The Morgan fingerprint density at radius 2 is 1.85 bits per heavy atom. The van der Waals surface area contributed by atoms with Crippen LogP contribution in [0.3, 0.4) is 0 Å². The molecular formula is C17H22ClNS. The minimum absolute atomic E-state index is 0.290. The Morgan fingerprint density at radius 1 is 1.10 bits per heavy atom. The van der Waals surface area contributed by atoms with Crippen LogP contribution >= 0.6 is 22.9 Å². The highest BCUT2D eigenvalue weighted by Gasteiger charge is 2.07. The van der Waals surface area contributed by atoms with E-state index in [1.54, 1.807) is 11.3 Å². The predicted octanol–water partition coefficient (Wildman–Crippen LogP) is 6.31. The molecule has 1 atom stereocenters. The molecule has 0 amide bonds. The van der Waals surface area contributed by atoms with E-state index < -0.39 is 0 Å². The average molecular weight is 308 g/mol. The molecule has 108 valence electrons. The molecule has 1 heterocycles. The number of halogens is 1. The normalized spacial score (nSPS) is 12.3. The maximum Gasteiger partial charge on any atom is 0.0932 e. The molecule has 1 aromatic carbocycles. The van der Waals surface area contributed by atoms with Gasteiger partial charge >= 0.3 is 0 Å². The summed E-state index contributed by atoms with van der Waals surface area (Å²) in [5.41, 5.74) is 2.59. The summed E-state index contributed by atoms with van der Waals surface area (Å²) in [5.74, 6) is 0. The minimum atomic E-state index is 0.290. The van der Waals surface area contributed by atoms with Crippen molar-refractivity contribution in [3.63, 3.8) is 0 Å². The SMILES string of the molecule is CCCCCc1ccc(NC(C)c2ccc(Cl)s2)cc1. The number of thiophene rings is 1. The molecule has 1 nitrogen and oxygen atoms in total. The van der Waals surface area contributed by atoms with E-state index in [0.29, 0.717) is 6.04 Å². The van der Waals surface area contributed by atoms with Crippen molar-refractivity contribution in [2.24, 2.45) is 0 Å². The Labute approximate surface area is 131 Å². The van der Waals surface area contributed by atoms with Crippen molar-refractivity contribution in [1.29, 1.82) is 0 Å². The maximum atomic E-state index is 5.98. The van der Waals surface area contributed by atoms with Crippen LogP contribution in [0.2, 0.25) is 4.34 Å². The van der Waals surface area contributed by atoms with Gasteiger partial charge in [0, 0.05) is 10.6 Å². The number of nitrogens with one attached hydrogen (secondary N) is 1. The Morgan fingerprint density at radius 3 is 2.45 bits per heavy atom. The van der Waals surface area contributed by atoms with Gasteiger partial charge in [-0.25, -0.2) is 0 Å². The first kappa shape index (κ1) is 15.4. The van der Waals surface area contributed by atoms with E-state index in [1.165, 1.54) is 41.8 Å². The van der Waals surface area contributed by atoms with Crippen LogP contribution in [0, 0.1) is 0 Å². The van der Waals surface area contributed by atoms with Crippen LogP contribution in [0.4, 0.5) is 5.69 Å². The smallest absolute Gasteiger partial charge is 0.0932 e. The summed E-state index contributed by atoms with van der Waals surface area (Å²) in [6, 6.07) is 13.1. The van der Waals surface area contributed by atoms with Crippen molar-refractivity contribution in [3.05, 3.63) is 51.2 Å². The van der Waals surface area contributed by atoms with Crippen LogP contribution in [0.5, 0.6) is 0 Å². The van der Waals surface area contributed by atoms with Crippen LogP contribution in [-0.2, 0) is 6.42 Å². The number of aryl methyl sites for hydroxylation is 1. The van der Waals surface area contributed by atoms with Gasteiger partial charge in [0.15, 0.2) is 0 Å². The first-order valence-electron chi connectivity index (χ1n) is 7.29. The van der Waals surface area contributed by atoms with Crippen LogP contribution in [0.25, 0.3) is 0 Å². The average Bonchev–Trinajstić information content (AvgIpc) is 2.88. The summed E-state index contributed by atoms with van der Waals surface area (Å²) in [5, 5.41) is 3.52. The number of hydrogen-bond donors (Lipinski definition) is 1. The standard InChI is InChI=1S/C17H22ClNS/c1-3-4-5-6-14-7-9-15(10-8-14)19-13(2)16-11-12-17(18)20-16/h7-13,19H,3-6H2,1-2H3. The van der Waals surface area contributed by atoms with Crippen LogP contribution in [0.15, 0.2) is 36.4 Å². The van der Waals surface area contributed by atoms with Crippen molar-refractivity contribution in [2.45, 2.75) is 45.6 Å². The van der Waals surface area contributed by atoms with Crippen molar-refractivity contribution < 1.29 is 0 Å². The van der Waals surface area contributed by atoms with Crippen LogP contribution < -0.4 is 5.32 Å². The Balaban J connectivity index is 1.90. The molecule has 0 aliphatic heterocycles. The van der Waals surface area contributed by atoms with Crippen molar-refractivity contribution >= 4 is 28.6 Å². The lowest BCUT2D eigenvalue weighted by Gasteiger charge is -2.14. The molecule has 0 spiro atoms. The van der Waals surface area contributed by atoms with Gasteiger partial charge in [0.2, 0.25) is 0 Å². The molecule has 0 bridgehead atoms. The fraction of sp³-hybridized carbons (Fsp3) is 0.412. The van der Waals surface area contributed by atoms with Gasteiger partial charge in [-0.15, -0.1) is 11.3 Å². The van der Waals surface area contributed by atoms with E-state index in [1.807, 2.05) is 6.07 Å². The van der Waals surface area contributed by atoms with Gasteiger partial charge in [-0.2, -0.15) is 0 Å². The number of anilines is 1. The lowest BCUT2D eigenvalue weighted by Crippen LogP contribution is -2.04. The van der Waals surface area contributed by atoms with Crippen molar-refractivity contribution in [3.8, 4) is 0 Å². The van der Waals surface area contributed by atoms with Gasteiger partial charge in [-0.3, -0.25) is 0 Å². The highest BCUT2D eigenvalue weighted by atomic mass is 35.5. The van der Waals surface area contributed by atoms with Crippen molar-refractivity contribution in [2.75, 3.05) is 5.32 Å². The number of benzene rings is 1. The topological polar surface area (TPSA) is 12.0 Å². The molecule has 20 heavy (non-hydrogen) atoms. The lowest BCUT2D eigenvalue weighted by molar-refractivity contribution is 0.717. The molecular weight excluding hydrogens is 286 g/mol. The summed E-state index contributed by atoms with van der Waals surface area (Å²) < 4.78 is 0.847. The van der Waals surface area contributed by atoms with Gasteiger partial charge in [0.1, 0.15) is 0 Å². The van der Waals surface area contributed by atoms with Gasteiger partial charge in [-0.05, 0) is 49.6 Å². The highest BCUT2D eigenvalue weighted by Crippen LogP contribution is 2.29. The second-order valence-electron chi connectivity index (χ2n) is 5.16. The summed E-state index contributed by atoms with van der Waals surface area (Å²) in [6.07, 6.45) is 5.06. The molecule has 1 unspecified atom stereocenters. The Kier molecular flexibility index (Phi) is 5.93. The Hall–Kier alpha value is -0.990. The second-order valence-corrected chi connectivity index (χ2v) is 6.91. The number of rotatable bonds is 7. The van der Waals surface area contributed by atoms with E-state index >= 15 is 0 Å². The van der Waals surface area contributed by atoms with Crippen molar-refractivity contribution in [1.82, 2.24) is 0 Å². The fourth-order valence-electron chi connectivity index (χ4n) is 2.23. The molecule has 0 radical (unpaired) electrons. The van der Waals surface area contributed by atoms with Gasteiger partial charge in [0.25, 0.3) is 0 Å². The summed E-state index contributed by atoms with van der Waals surface area (Å²) >= 11 is 7.61. The summed E-state index contributed by atoms with van der Waals surface area (Å²) in [4.78, 5) is 1.27. The third-order valence-electron chi connectivity index (χ3n) is 3.43. The van der Waals surface area contributed by atoms with E-state index in [-0.39, 0.29) is 0 Å².